The Hall–Kier alpha value is -4.96. The molecule has 1 amide bonds. The van der Waals surface area contributed by atoms with Crippen molar-refractivity contribution in [3.63, 3.8) is 0 Å². The zero-order chi connectivity index (χ0) is 30.7. The van der Waals surface area contributed by atoms with E-state index in [2.05, 4.69) is 0 Å². The van der Waals surface area contributed by atoms with Crippen LogP contribution >= 0.6 is 11.6 Å². The van der Waals surface area contributed by atoms with E-state index in [1.54, 1.807) is 36.4 Å². The highest BCUT2D eigenvalue weighted by Gasteiger charge is 2.33. The molecule has 2 heterocycles. The predicted molar refractivity (Wildman–Crippen MR) is 160 cm³/mol. The molecule has 1 aromatic heterocycles. The number of pyridine rings is 1. The SMILES string of the molecule is COC(=O)c1c(Cc2ccc(OC)cc2OC)c2c(n(O)c1=O)-c1ccc(Cl)cc1N(C(=O)OCc1ccccc1)CC2. The molecule has 0 bridgehead atoms. The van der Waals surface area contributed by atoms with Gasteiger partial charge in [0, 0.05) is 29.6 Å². The van der Waals surface area contributed by atoms with E-state index in [9.17, 15) is 19.6 Å². The van der Waals surface area contributed by atoms with Crippen molar-refractivity contribution in [1.82, 2.24) is 4.73 Å². The lowest BCUT2D eigenvalue weighted by Crippen LogP contribution is -2.33. The molecule has 222 valence electrons. The number of halogens is 1. The van der Waals surface area contributed by atoms with Gasteiger partial charge in [0.2, 0.25) is 0 Å². The maximum Gasteiger partial charge on any atom is 0.414 e. The van der Waals surface area contributed by atoms with E-state index in [4.69, 9.17) is 30.5 Å². The molecule has 0 saturated carbocycles. The van der Waals surface area contributed by atoms with Crippen LogP contribution in [0.4, 0.5) is 10.5 Å². The topological polar surface area (TPSA) is 117 Å². The first-order valence-corrected chi connectivity index (χ1v) is 13.7. The van der Waals surface area contributed by atoms with Gasteiger partial charge in [0.05, 0.1) is 32.7 Å². The molecule has 0 atom stereocenters. The zero-order valence-corrected chi connectivity index (χ0v) is 24.5. The molecule has 4 aromatic rings. The highest BCUT2D eigenvalue weighted by Crippen LogP contribution is 2.40. The molecular weight excluding hydrogens is 576 g/mol. The Balaban J connectivity index is 1.67. The fourth-order valence-electron chi connectivity index (χ4n) is 5.26. The Labute approximate surface area is 252 Å². The second kappa shape index (κ2) is 12.5. The van der Waals surface area contributed by atoms with E-state index in [1.807, 2.05) is 30.3 Å². The zero-order valence-electron chi connectivity index (χ0n) is 23.8. The van der Waals surface area contributed by atoms with Crippen molar-refractivity contribution < 1.29 is 33.7 Å². The number of carbonyl (C=O) groups excluding carboxylic acids is 2. The van der Waals surface area contributed by atoms with Gasteiger partial charge in [-0.15, -0.1) is 4.73 Å². The molecule has 0 aliphatic carbocycles. The number of ether oxygens (including phenoxy) is 4. The van der Waals surface area contributed by atoms with E-state index < -0.39 is 17.6 Å². The van der Waals surface area contributed by atoms with Gasteiger partial charge in [0.25, 0.3) is 5.56 Å². The third-order valence-corrected chi connectivity index (χ3v) is 7.57. The molecule has 43 heavy (non-hydrogen) atoms. The monoisotopic (exact) mass is 604 g/mol. The summed E-state index contributed by atoms with van der Waals surface area (Å²) >= 11 is 6.36. The normalized spacial score (nSPS) is 12.0. The van der Waals surface area contributed by atoms with Crippen molar-refractivity contribution in [3.8, 4) is 22.8 Å². The molecule has 10 nitrogen and oxygen atoms in total. The first-order chi connectivity index (χ1) is 20.8. The van der Waals surface area contributed by atoms with Crippen molar-refractivity contribution in [2.24, 2.45) is 0 Å². The molecular formula is C32H29ClN2O8. The van der Waals surface area contributed by atoms with Gasteiger partial charge in [-0.1, -0.05) is 48.0 Å². The Morgan fingerprint density at radius 3 is 2.44 bits per heavy atom. The van der Waals surface area contributed by atoms with Gasteiger partial charge in [0.1, 0.15) is 23.7 Å². The number of amides is 1. The number of methoxy groups -OCH3 is 3. The van der Waals surface area contributed by atoms with Crippen molar-refractivity contribution in [2.75, 3.05) is 32.8 Å². The highest BCUT2D eigenvalue weighted by molar-refractivity contribution is 6.31. The van der Waals surface area contributed by atoms with Crippen LogP contribution in [0.5, 0.6) is 11.5 Å². The number of hydrogen-bond donors (Lipinski definition) is 1. The van der Waals surface area contributed by atoms with Crippen LogP contribution in [0.2, 0.25) is 5.02 Å². The second-order valence-corrected chi connectivity index (χ2v) is 10.2. The summed E-state index contributed by atoms with van der Waals surface area (Å²) in [6.45, 7) is 0.137. The van der Waals surface area contributed by atoms with Gasteiger partial charge in [0.15, 0.2) is 0 Å². The molecule has 0 unspecified atom stereocenters. The number of nitrogens with zero attached hydrogens (tertiary/aromatic N) is 2. The summed E-state index contributed by atoms with van der Waals surface area (Å²) in [7, 11) is 4.20. The van der Waals surface area contributed by atoms with Gasteiger partial charge in [-0.25, -0.2) is 9.59 Å². The fraction of sp³-hybridized carbons (Fsp3) is 0.219. The van der Waals surface area contributed by atoms with Gasteiger partial charge >= 0.3 is 12.1 Å². The maximum atomic E-state index is 13.6. The van der Waals surface area contributed by atoms with Crippen molar-refractivity contribution in [2.45, 2.75) is 19.4 Å². The molecule has 0 fully saturated rings. The Bertz CT molecular complexity index is 1750. The molecule has 1 aliphatic heterocycles. The van der Waals surface area contributed by atoms with Crippen LogP contribution in [0.15, 0.2) is 71.5 Å². The number of hydrogen-bond acceptors (Lipinski definition) is 8. The minimum atomic E-state index is -0.964. The van der Waals surface area contributed by atoms with E-state index in [0.717, 1.165) is 12.7 Å². The quantitative estimate of drug-likeness (QED) is 0.217. The fourth-order valence-corrected chi connectivity index (χ4v) is 5.43. The molecule has 0 saturated heterocycles. The van der Waals surface area contributed by atoms with Crippen molar-refractivity contribution >= 4 is 29.4 Å². The standard InChI is InChI=1S/C32H29ClN2O8/c1-40-22-11-9-20(27(17-22)41-2)15-25-23-13-14-34(32(38)43-18-19-7-5-4-6-8-19)26-16-21(33)10-12-24(26)29(23)35(39)30(36)28(25)31(37)42-3/h4-12,16-17,39H,13-15,18H2,1-3H3. The van der Waals surface area contributed by atoms with Crippen LogP contribution in [0.25, 0.3) is 11.3 Å². The minimum Gasteiger partial charge on any atom is -0.497 e. The van der Waals surface area contributed by atoms with Crippen molar-refractivity contribution in [3.05, 3.63) is 110 Å². The number of carbonyl (C=O) groups is 2. The van der Waals surface area contributed by atoms with E-state index >= 15 is 0 Å². The van der Waals surface area contributed by atoms with E-state index in [1.165, 1.54) is 19.1 Å². The molecule has 3 aromatic carbocycles. The van der Waals surface area contributed by atoms with Gasteiger partial charge in [-0.3, -0.25) is 9.69 Å². The molecule has 1 aliphatic rings. The second-order valence-electron chi connectivity index (χ2n) is 9.75. The summed E-state index contributed by atoms with van der Waals surface area (Å²) in [6, 6.07) is 19.2. The van der Waals surface area contributed by atoms with Crippen LogP contribution in [0.1, 0.15) is 32.6 Å². The number of benzene rings is 3. The number of fused-ring (bicyclic) bond motifs is 3. The average molecular weight is 605 g/mol. The van der Waals surface area contributed by atoms with Crippen molar-refractivity contribution in [1.29, 1.82) is 0 Å². The summed E-state index contributed by atoms with van der Waals surface area (Å²) in [5, 5.41) is 11.6. The first kappa shape index (κ1) is 29.5. The molecule has 1 N–H and O–H groups in total. The Morgan fingerprint density at radius 1 is 0.977 bits per heavy atom. The van der Waals surface area contributed by atoms with E-state index in [0.29, 0.717) is 49.2 Å². The number of anilines is 1. The summed E-state index contributed by atoms with van der Waals surface area (Å²) in [5.74, 6) is 0.135. The molecule has 11 heteroatoms. The smallest absolute Gasteiger partial charge is 0.414 e. The maximum absolute atomic E-state index is 13.6. The van der Waals surface area contributed by atoms with Gasteiger partial charge in [-0.2, -0.15) is 0 Å². The lowest BCUT2D eigenvalue weighted by Gasteiger charge is -2.22. The number of aromatic nitrogens is 1. The van der Waals surface area contributed by atoms with Crippen LogP contribution in [-0.4, -0.2) is 49.9 Å². The molecule has 0 spiro atoms. The Morgan fingerprint density at radius 2 is 1.74 bits per heavy atom. The number of rotatable bonds is 7. The largest absolute Gasteiger partial charge is 0.497 e. The summed E-state index contributed by atoms with van der Waals surface area (Å²) in [6.07, 6.45) is -0.406. The van der Waals surface area contributed by atoms with Crippen LogP contribution in [-0.2, 0) is 28.9 Å². The lowest BCUT2D eigenvalue weighted by atomic mass is 9.90. The van der Waals surface area contributed by atoms with Crippen LogP contribution < -0.4 is 19.9 Å². The van der Waals surface area contributed by atoms with E-state index in [-0.39, 0.29) is 37.3 Å². The third kappa shape index (κ3) is 5.74. The third-order valence-electron chi connectivity index (χ3n) is 7.34. The van der Waals surface area contributed by atoms with Crippen LogP contribution in [0, 0.1) is 0 Å². The summed E-state index contributed by atoms with van der Waals surface area (Å²) < 4.78 is 21.9. The van der Waals surface area contributed by atoms with Gasteiger partial charge < -0.3 is 24.2 Å². The Kier molecular flexibility index (Phi) is 8.58. The van der Waals surface area contributed by atoms with Gasteiger partial charge in [-0.05, 0) is 52.9 Å². The average Bonchev–Trinajstić information content (AvgIpc) is 3.19. The van der Waals surface area contributed by atoms with Crippen LogP contribution in [0.3, 0.4) is 0 Å². The molecule has 0 radical (unpaired) electrons. The lowest BCUT2D eigenvalue weighted by molar-refractivity contribution is 0.0590. The summed E-state index contributed by atoms with van der Waals surface area (Å²) in [5.41, 5.74) is 1.81. The highest BCUT2D eigenvalue weighted by atomic mass is 35.5. The number of esters is 1. The summed E-state index contributed by atoms with van der Waals surface area (Å²) in [4.78, 5) is 41.5. The predicted octanol–water partition coefficient (Wildman–Crippen LogP) is 5.50. The first-order valence-electron chi connectivity index (χ1n) is 13.3. The molecule has 5 rings (SSSR count). The minimum absolute atomic E-state index is 0.0404.